The molecule has 0 saturated carbocycles. The third kappa shape index (κ3) is 3.82. The van der Waals surface area contributed by atoms with E-state index in [9.17, 15) is 0 Å². The lowest BCUT2D eigenvalue weighted by Gasteiger charge is -2.24. The first kappa shape index (κ1) is 13.0. The number of hydrogen-bond donors (Lipinski definition) is 2. The Morgan fingerprint density at radius 1 is 1.56 bits per heavy atom. The Hall–Kier alpha value is -1.40. The minimum absolute atomic E-state index is 0.324. The zero-order valence-corrected chi connectivity index (χ0v) is 10.9. The first-order valence-electron chi connectivity index (χ1n) is 6.31. The predicted octanol–water partition coefficient (Wildman–Crippen LogP) is 0.584. The molecule has 2 heterocycles. The molecule has 0 radical (unpaired) electrons. The highest BCUT2D eigenvalue weighted by atomic mass is 16.5. The Morgan fingerprint density at radius 3 is 3.17 bits per heavy atom. The zero-order valence-electron chi connectivity index (χ0n) is 10.9. The summed E-state index contributed by atoms with van der Waals surface area (Å²) in [5.41, 5.74) is 0. The number of hydrogen-bond acceptors (Lipinski definition) is 6. The van der Waals surface area contributed by atoms with Crippen molar-refractivity contribution < 1.29 is 9.47 Å². The summed E-state index contributed by atoms with van der Waals surface area (Å²) in [7, 11) is 0. The molecule has 1 atom stereocenters. The summed E-state index contributed by atoms with van der Waals surface area (Å²) in [4.78, 5) is 8.53. The van der Waals surface area contributed by atoms with Crippen LogP contribution in [-0.4, -0.2) is 48.9 Å². The highest BCUT2D eigenvalue weighted by molar-refractivity contribution is 5.38. The van der Waals surface area contributed by atoms with Gasteiger partial charge in [0.2, 0.25) is 5.88 Å². The standard InChI is InChI=1S/C12H20N4O2/c1-3-18-12-6-11(15-9(2)16-12)14-7-10-8-17-5-4-13-10/h6,10,13H,3-5,7-8H2,1-2H3,(H,14,15,16). The van der Waals surface area contributed by atoms with Crippen molar-refractivity contribution in [2.24, 2.45) is 0 Å². The van der Waals surface area contributed by atoms with Gasteiger partial charge in [0.25, 0.3) is 0 Å². The third-order valence-corrected chi connectivity index (χ3v) is 2.63. The van der Waals surface area contributed by atoms with E-state index in [0.717, 1.165) is 32.1 Å². The molecule has 1 aromatic heterocycles. The number of nitrogens with one attached hydrogen (secondary N) is 2. The zero-order chi connectivity index (χ0) is 12.8. The molecule has 1 aliphatic heterocycles. The van der Waals surface area contributed by atoms with Gasteiger partial charge < -0.3 is 20.1 Å². The van der Waals surface area contributed by atoms with E-state index in [0.29, 0.717) is 24.4 Å². The summed E-state index contributed by atoms with van der Waals surface area (Å²) in [5.74, 6) is 2.11. The Bertz CT molecular complexity index is 380. The second-order valence-electron chi connectivity index (χ2n) is 4.18. The summed E-state index contributed by atoms with van der Waals surface area (Å²) < 4.78 is 10.8. The number of aromatic nitrogens is 2. The first-order chi connectivity index (χ1) is 8.78. The van der Waals surface area contributed by atoms with Crippen LogP contribution < -0.4 is 15.4 Å². The largest absolute Gasteiger partial charge is 0.478 e. The molecule has 0 spiro atoms. The monoisotopic (exact) mass is 252 g/mol. The van der Waals surface area contributed by atoms with Crippen LogP contribution in [0.1, 0.15) is 12.7 Å². The average molecular weight is 252 g/mol. The molecule has 0 aromatic carbocycles. The topological polar surface area (TPSA) is 68.3 Å². The smallest absolute Gasteiger partial charge is 0.218 e. The molecule has 2 rings (SSSR count). The predicted molar refractivity (Wildman–Crippen MR) is 69.0 cm³/mol. The number of ether oxygens (including phenoxy) is 2. The molecule has 6 nitrogen and oxygen atoms in total. The maximum absolute atomic E-state index is 5.40. The lowest BCUT2D eigenvalue weighted by atomic mass is 10.3. The van der Waals surface area contributed by atoms with Crippen LogP contribution >= 0.6 is 0 Å². The Morgan fingerprint density at radius 2 is 2.44 bits per heavy atom. The summed E-state index contributed by atoms with van der Waals surface area (Å²) in [6.45, 7) is 7.60. The molecule has 1 fully saturated rings. The normalized spacial score (nSPS) is 19.6. The highest BCUT2D eigenvalue weighted by Crippen LogP contribution is 2.13. The molecule has 0 amide bonds. The van der Waals surface area contributed by atoms with Gasteiger partial charge in [-0.05, 0) is 13.8 Å². The maximum Gasteiger partial charge on any atom is 0.218 e. The number of aryl methyl sites for hydroxylation is 1. The van der Waals surface area contributed by atoms with Crippen molar-refractivity contribution in [1.29, 1.82) is 0 Å². The van der Waals surface area contributed by atoms with E-state index < -0.39 is 0 Å². The maximum atomic E-state index is 5.40. The van der Waals surface area contributed by atoms with E-state index in [1.54, 1.807) is 0 Å². The molecule has 1 aromatic rings. The van der Waals surface area contributed by atoms with Gasteiger partial charge in [-0.25, -0.2) is 4.98 Å². The van der Waals surface area contributed by atoms with Crippen LogP contribution in [0.3, 0.4) is 0 Å². The van der Waals surface area contributed by atoms with E-state index in [-0.39, 0.29) is 0 Å². The highest BCUT2D eigenvalue weighted by Gasteiger charge is 2.13. The van der Waals surface area contributed by atoms with Crippen LogP contribution in [0.4, 0.5) is 5.82 Å². The van der Waals surface area contributed by atoms with Gasteiger partial charge in [-0.2, -0.15) is 4.98 Å². The molecule has 1 unspecified atom stereocenters. The van der Waals surface area contributed by atoms with Crippen LogP contribution in [0, 0.1) is 6.92 Å². The van der Waals surface area contributed by atoms with Crippen molar-refractivity contribution in [2.75, 3.05) is 38.2 Å². The summed E-state index contributed by atoms with van der Waals surface area (Å²) >= 11 is 0. The summed E-state index contributed by atoms with van der Waals surface area (Å²) in [5, 5.41) is 6.66. The van der Waals surface area contributed by atoms with Crippen molar-refractivity contribution in [3.8, 4) is 5.88 Å². The Balaban J connectivity index is 1.91. The molecule has 6 heteroatoms. The SMILES string of the molecule is CCOc1cc(NCC2COCCN2)nc(C)n1. The van der Waals surface area contributed by atoms with Gasteiger partial charge in [-0.3, -0.25) is 0 Å². The molecule has 0 aliphatic carbocycles. The van der Waals surface area contributed by atoms with Gasteiger partial charge in [0.15, 0.2) is 0 Å². The van der Waals surface area contributed by atoms with Crippen LogP contribution in [0.2, 0.25) is 0 Å². The van der Waals surface area contributed by atoms with E-state index in [4.69, 9.17) is 9.47 Å². The Kier molecular flexibility index (Phi) is 4.72. The lowest BCUT2D eigenvalue weighted by Crippen LogP contribution is -2.45. The van der Waals surface area contributed by atoms with Gasteiger partial charge in [-0.1, -0.05) is 0 Å². The van der Waals surface area contributed by atoms with Crippen LogP contribution in [-0.2, 0) is 4.74 Å². The van der Waals surface area contributed by atoms with Gasteiger partial charge in [0.1, 0.15) is 11.6 Å². The van der Waals surface area contributed by atoms with E-state index in [1.165, 1.54) is 0 Å². The van der Waals surface area contributed by atoms with Gasteiger partial charge in [0, 0.05) is 25.2 Å². The van der Waals surface area contributed by atoms with E-state index in [1.807, 2.05) is 19.9 Å². The molecular weight excluding hydrogens is 232 g/mol. The molecule has 2 N–H and O–H groups in total. The summed E-state index contributed by atoms with van der Waals surface area (Å²) in [6.07, 6.45) is 0. The lowest BCUT2D eigenvalue weighted by molar-refractivity contribution is 0.0806. The van der Waals surface area contributed by atoms with Gasteiger partial charge in [-0.15, -0.1) is 0 Å². The fraction of sp³-hybridized carbons (Fsp3) is 0.667. The molecule has 18 heavy (non-hydrogen) atoms. The van der Waals surface area contributed by atoms with E-state index in [2.05, 4.69) is 20.6 Å². The number of morpholine rings is 1. The van der Waals surface area contributed by atoms with Crippen molar-refractivity contribution >= 4 is 5.82 Å². The molecule has 100 valence electrons. The number of anilines is 1. The number of nitrogens with zero attached hydrogens (tertiary/aromatic N) is 2. The van der Waals surface area contributed by atoms with Crippen LogP contribution in [0.5, 0.6) is 5.88 Å². The van der Waals surface area contributed by atoms with E-state index >= 15 is 0 Å². The minimum atomic E-state index is 0.324. The first-order valence-corrected chi connectivity index (χ1v) is 6.31. The third-order valence-electron chi connectivity index (χ3n) is 2.63. The van der Waals surface area contributed by atoms with Crippen LogP contribution in [0.15, 0.2) is 6.07 Å². The van der Waals surface area contributed by atoms with Crippen molar-refractivity contribution in [1.82, 2.24) is 15.3 Å². The molecule has 0 bridgehead atoms. The quantitative estimate of drug-likeness (QED) is 0.799. The minimum Gasteiger partial charge on any atom is -0.478 e. The second kappa shape index (κ2) is 6.51. The molecule has 1 saturated heterocycles. The number of rotatable bonds is 5. The van der Waals surface area contributed by atoms with Gasteiger partial charge >= 0.3 is 0 Å². The van der Waals surface area contributed by atoms with Gasteiger partial charge in [0.05, 0.1) is 19.8 Å². The van der Waals surface area contributed by atoms with Crippen molar-refractivity contribution in [2.45, 2.75) is 19.9 Å². The molecule has 1 aliphatic rings. The second-order valence-corrected chi connectivity index (χ2v) is 4.18. The Labute approximate surface area is 107 Å². The van der Waals surface area contributed by atoms with Crippen molar-refractivity contribution in [3.63, 3.8) is 0 Å². The van der Waals surface area contributed by atoms with Crippen LogP contribution in [0.25, 0.3) is 0 Å². The molecular formula is C12H20N4O2. The van der Waals surface area contributed by atoms with Crippen molar-refractivity contribution in [3.05, 3.63) is 11.9 Å². The fourth-order valence-corrected chi connectivity index (χ4v) is 1.83. The average Bonchev–Trinajstić information content (AvgIpc) is 2.37. The fourth-order valence-electron chi connectivity index (χ4n) is 1.83. The summed E-state index contributed by atoms with van der Waals surface area (Å²) in [6, 6.07) is 2.14.